The second kappa shape index (κ2) is 7.31. The Kier molecular flexibility index (Phi) is 4.95. The van der Waals surface area contributed by atoms with Crippen molar-refractivity contribution >= 4 is 5.91 Å². The molecular formula is C18H23N3O2. The van der Waals surface area contributed by atoms with E-state index in [4.69, 9.17) is 4.74 Å². The van der Waals surface area contributed by atoms with E-state index in [0.29, 0.717) is 5.92 Å². The predicted molar refractivity (Wildman–Crippen MR) is 88.2 cm³/mol. The Bertz CT molecular complexity index is 631. The first-order valence-electron chi connectivity index (χ1n) is 8.16. The number of para-hydroxylation sites is 1. The van der Waals surface area contributed by atoms with Gasteiger partial charge in [-0.2, -0.15) is 0 Å². The number of carbonyl (C=O) groups is 1. The molecule has 1 saturated heterocycles. The molecule has 0 saturated carbocycles. The topological polar surface area (TPSA) is 47.4 Å². The molecule has 1 fully saturated rings. The third kappa shape index (κ3) is 4.12. The average molecular weight is 313 g/mol. The van der Waals surface area contributed by atoms with Crippen LogP contribution in [0.1, 0.15) is 18.7 Å². The van der Waals surface area contributed by atoms with Crippen molar-refractivity contribution in [2.45, 2.75) is 26.3 Å². The Morgan fingerprint density at radius 3 is 2.65 bits per heavy atom. The smallest absolute Gasteiger partial charge is 0.260 e. The van der Waals surface area contributed by atoms with E-state index in [0.717, 1.165) is 44.0 Å². The lowest BCUT2D eigenvalue weighted by atomic mass is 9.96. The van der Waals surface area contributed by atoms with E-state index in [1.165, 1.54) is 0 Å². The molecule has 1 aliphatic rings. The maximum Gasteiger partial charge on any atom is 0.260 e. The van der Waals surface area contributed by atoms with Crippen LogP contribution in [0.15, 0.2) is 42.7 Å². The molecule has 0 spiro atoms. The number of benzene rings is 1. The summed E-state index contributed by atoms with van der Waals surface area (Å²) in [5, 5.41) is 0. The van der Waals surface area contributed by atoms with Crippen LogP contribution in [0, 0.1) is 12.8 Å². The quantitative estimate of drug-likeness (QED) is 0.852. The van der Waals surface area contributed by atoms with Gasteiger partial charge >= 0.3 is 0 Å². The number of aryl methyl sites for hydroxylation is 1. The van der Waals surface area contributed by atoms with E-state index in [1.54, 1.807) is 0 Å². The summed E-state index contributed by atoms with van der Waals surface area (Å²) in [6.45, 7) is 4.77. The number of hydrogen-bond acceptors (Lipinski definition) is 3. The van der Waals surface area contributed by atoms with Crippen molar-refractivity contribution in [2.75, 3.05) is 19.7 Å². The van der Waals surface area contributed by atoms with Crippen LogP contribution in [0.2, 0.25) is 0 Å². The van der Waals surface area contributed by atoms with Gasteiger partial charge in [-0.15, -0.1) is 0 Å². The molecular weight excluding hydrogens is 290 g/mol. The lowest BCUT2D eigenvalue weighted by Gasteiger charge is -2.32. The summed E-state index contributed by atoms with van der Waals surface area (Å²) in [6, 6.07) is 9.48. The molecule has 2 aromatic rings. The van der Waals surface area contributed by atoms with Crippen molar-refractivity contribution in [3.63, 3.8) is 0 Å². The third-order valence-electron chi connectivity index (χ3n) is 4.45. The van der Waals surface area contributed by atoms with E-state index in [2.05, 4.69) is 9.55 Å². The normalized spacial score (nSPS) is 15.6. The number of imidazole rings is 1. The fraction of sp³-hybridized carbons (Fsp3) is 0.444. The molecule has 1 aromatic carbocycles. The summed E-state index contributed by atoms with van der Waals surface area (Å²) >= 11 is 0. The molecule has 0 radical (unpaired) electrons. The number of likely N-dealkylation sites (tertiary alicyclic amines) is 1. The molecule has 0 atom stereocenters. The number of amides is 1. The maximum atomic E-state index is 12.2. The van der Waals surface area contributed by atoms with E-state index >= 15 is 0 Å². The second-order valence-electron chi connectivity index (χ2n) is 6.05. The summed E-state index contributed by atoms with van der Waals surface area (Å²) in [4.78, 5) is 18.4. The highest BCUT2D eigenvalue weighted by molar-refractivity contribution is 5.77. The van der Waals surface area contributed by atoms with Crippen LogP contribution >= 0.6 is 0 Å². The molecule has 0 unspecified atom stereocenters. The molecule has 5 nitrogen and oxygen atoms in total. The molecule has 0 aliphatic carbocycles. The van der Waals surface area contributed by atoms with Gasteiger partial charge in [-0.05, 0) is 37.8 Å². The Labute approximate surface area is 136 Å². The van der Waals surface area contributed by atoms with Gasteiger partial charge in [-0.3, -0.25) is 4.79 Å². The lowest BCUT2D eigenvalue weighted by Crippen LogP contribution is -2.41. The van der Waals surface area contributed by atoms with Crippen LogP contribution < -0.4 is 4.74 Å². The first-order chi connectivity index (χ1) is 11.2. The SMILES string of the molecule is Cc1nccn1CC1CCN(C(=O)COc2ccccc2)CC1. The van der Waals surface area contributed by atoms with Gasteiger partial charge in [0.15, 0.2) is 6.61 Å². The molecule has 122 valence electrons. The minimum atomic E-state index is 0.0751. The summed E-state index contributed by atoms with van der Waals surface area (Å²) in [6.07, 6.45) is 5.94. The second-order valence-corrected chi connectivity index (χ2v) is 6.05. The Hall–Kier alpha value is -2.30. The molecule has 1 amide bonds. The van der Waals surface area contributed by atoms with E-state index in [-0.39, 0.29) is 12.5 Å². The number of aromatic nitrogens is 2. The monoisotopic (exact) mass is 313 g/mol. The average Bonchev–Trinajstić information content (AvgIpc) is 2.99. The van der Waals surface area contributed by atoms with Gasteiger partial charge in [-0.1, -0.05) is 18.2 Å². The minimum Gasteiger partial charge on any atom is -0.484 e. The van der Waals surface area contributed by atoms with Gasteiger partial charge in [0.05, 0.1) is 0 Å². The van der Waals surface area contributed by atoms with Gasteiger partial charge in [0.2, 0.25) is 0 Å². The molecule has 3 rings (SSSR count). The predicted octanol–water partition coefficient (Wildman–Crippen LogP) is 2.51. The number of hydrogen-bond donors (Lipinski definition) is 0. The molecule has 5 heteroatoms. The highest BCUT2D eigenvalue weighted by Gasteiger charge is 2.23. The largest absolute Gasteiger partial charge is 0.484 e. The van der Waals surface area contributed by atoms with E-state index < -0.39 is 0 Å². The fourth-order valence-electron chi connectivity index (χ4n) is 2.99. The number of ether oxygens (including phenoxy) is 1. The van der Waals surface area contributed by atoms with E-state index in [1.807, 2.05) is 54.5 Å². The number of carbonyl (C=O) groups excluding carboxylic acids is 1. The number of nitrogens with zero attached hydrogens (tertiary/aromatic N) is 3. The number of piperidine rings is 1. The maximum absolute atomic E-state index is 12.2. The summed E-state index contributed by atoms with van der Waals surface area (Å²) in [5.41, 5.74) is 0. The highest BCUT2D eigenvalue weighted by atomic mass is 16.5. The highest BCUT2D eigenvalue weighted by Crippen LogP contribution is 2.20. The van der Waals surface area contributed by atoms with Gasteiger partial charge in [-0.25, -0.2) is 4.98 Å². The zero-order chi connectivity index (χ0) is 16.1. The van der Waals surface area contributed by atoms with Crippen LogP contribution in [0.3, 0.4) is 0 Å². The first kappa shape index (κ1) is 15.6. The molecule has 0 bridgehead atoms. The Morgan fingerprint density at radius 2 is 2.00 bits per heavy atom. The van der Waals surface area contributed by atoms with Crippen LogP contribution in [-0.2, 0) is 11.3 Å². The minimum absolute atomic E-state index is 0.0751. The molecule has 1 aliphatic heterocycles. The Morgan fingerprint density at radius 1 is 1.26 bits per heavy atom. The first-order valence-corrected chi connectivity index (χ1v) is 8.16. The van der Waals surface area contributed by atoms with Crippen LogP contribution in [0.4, 0.5) is 0 Å². The summed E-state index contributed by atoms with van der Waals surface area (Å²) in [7, 11) is 0. The molecule has 0 N–H and O–H groups in total. The Balaban J connectivity index is 1.43. The van der Waals surface area contributed by atoms with Crippen LogP contribution in [-0.4, -0.2) is 40.1 Å². The molecule has 1 aromatic heterocycles. The van der Waals surface area contributed by atoms with Crippen molar-refractivity contribution in [2.24, 2.45) is 5.92 Å². The van der Waals surface area contributed by atoms with Gasteiger partial charge in [0.25, 0.3) is 5.91 Å². The van der Waals surface area contributed by atoms with Gasteiger partial charge < -0.3 is 14.2 Å². The summed E-state index contributed by atoms with van der Waals surface area (Å²) in [5.74, 6) is 2.49. The zero-order valence-electron chi connectivity index (χ0n) is 13.5. The summed E-state index contributed by atoms with van der Waals surface area (Å²) < 4.78 is 7.74. The van der Waals surface area contributed by atoms with Crippen molar-refractivity contribution in [3.05, 3.63) is 48.5 Å². The fourth-order valence-corrected chi connectivity index (χ4v) is 2.99. The van der Waals surface area contributed by atoms with Gasteiger partial charge in [0.1, 0.15) is 11.6 Å². The molecule has 23 heavy (non-hydrogen) atoms. The standard InChI is InChI=1S/C18H23N3O2/c1-15-19-9-12-21(15)13-16-7-10-20(11-8-16)18(22)14-23-17-5-3-2-4-6-17/h2-6,9,12,16H,7-8,10-11,13-14H2,1H3. The third-order valence-corrected chi connectivity index (χ3v) is 4.45. The van der Waals surface area contributed by atoms with Crippen molar-refractivity contribution in [1.82, 2.24) is 14.5 Å². The van der Waals surface area contributed by atoms with E-state index in [9.17, 15) is 4.79 Å². The van der Waals surface area contributed by atoms with Crippen LogP contribution in [0.5, 0.6) is 5.75 Å². The van der Waals surface area contributed by atoms with Crippen molar-refractivity contribution in [3.8, 4) is 5.75 Å². The van der Waals surface area contributed by atoms with Gasteiger partial charge in [0, 0.05) is 32.0 Å². The van der Waals surface area contributed by atoms with Crippen molar-refractivity contribution in [1.29, 1.82) is 0 Å². The van der Waals surface area contributed by atoms with Crippen LogP contribution in [0.25, 0.3) is 0 Å². The van der Waals surface area contributed by atoms with Crippen molar-refractivity contribution < 1.29 is 9.53 Å². The zero-order valence-corrected chi connectivity index (χ0v) is 13.5. The molecule has 2 heterocycles. The number of rotatable bonds is 5. The lowest BCUT2D eigenvalue weighted by molar-refractivity contribution is -0.134.